The van der Waals surface area contributed by atoms with E-state index < -0.39 is 21.5 Å². The first-order valence-electron chi connectivity index (χ1n) is 11.6. The van der Waals surface area contributed by atoms with Crippen molar-refractivity contribution in [2.24, 2.45) is 5.73 Å². The van der Waals surface area contributed by atoms with E-state index in [2.05, 4.69) is 11.8 Å². The molecule has 1 aromatic rings. The highest BCUT2D eigenvalue weighted by Gasteiger charge is 2.51. The second-order valence-corrected chi connectivity index (χ2v) is 11.8. The van der Waals surface area contributed by atoms with Gasteiger partial charge in [0, 0.05) is 30.6 Å². The van der Waals surface area contributed by atoms with Gasteiger partial charge in [0.25, 0.3) is 0 Å². The van der Waals surface area contributed by atoms with E-state index in [1.807, 2.05) is 6.92 Å². The molecule has 3 unspecified atom stereocenters. The Bertz CT molecular complexity index is 983. The Morgan fingerprint density at radius 3 is 2.74 bits per heavy atom. The molecule has 0 bridgehead atoms. The monoisotopic (exact) mass is 510 g/mol. The molecular weight excluding hydrogens is 476 g/mol. The van der Waals surface area contributed by atoms with Crippen LogP contribution in [0.5, 0.6) is 5.75 Å². The molecule has 0 aromatic heterocycles. The Labute approximate surface area is 206 Å². The molecule has 34 heavy (non-hydrogen) atoms. The topological polar surface area (TPSA) is 108 Å². The van der Waals surface area contributed by atoms with Crippen molar-refractivity contribution in [2.45, 2.75) is 67.9 Å². The summed E-state index contributed by atoms with van der Waals surface area (Å²) >= 11 is 1.54. The molecule has 2 heterocycles. The van der Waals surface area contributed by atoms with Gasteiger partial charge in [0.15, 0.2) is 6.29 Å². The SMILES string of the molecule is CC1SCCN(S(=O)(=O)c2ccc(OCC#CCCCOC3CCCCO3)cc2)C1(C)C(N)=O. The Morgan fingerprint density at radius 1 is 1.29 bits per heavy atom. The molecule has 0 radical (unpaired) electrons. The van der Waals surface area contributed by atoms with E-state index in [-0.39, 0.29) is 29.6 Å². The molecule has 3 rings (SSSR count). The number of hydrogen-bond acceptors (Lipinski definition) is 7. The number of thioether (sulfide) groups is 1. The minimum absolute atomic E-state index is 0.0708. The number of nitrogens with two attached hydrogens (primary N) is 1. The van der Waals surface area contributed by atoms with Crippen LogP contribution in [0.4, 0.5) is 0 Å². The summed E-state index contributed by atoms with van der Waals surface area (Å²) in [5.41, 5.74) is 4.33. The summed E-state index contributed by atoms with van der Waals surface area (Å²) in [7, 11) is -3.90. The van der Waals surface area contributed by atoms with Gasteiger partial charge < -0.3 is 19.9 Å². The zero-order chi connectivity index (χ0) is 24.6. The highest BCUT2D eigenvalue weighted by molar-refractivity contribution is 8.00. The van der Waals surface area contributed by atoms with Gasteiger partial charge in [-0.2, -0.15) is 16.1 Å². The zero-order valence-electron chi connectivity index (χ0n) is 19.8. The van der Waals surface area contributed by atoms with Gasteiger partial charge in [-0.3, -0.25) is 4.79 Å². The largest absolute Gasteiger partial charge is 0.481 e. The van der Waals surface area contributed by atoms with E-state index in [0.29, 0.717) is 24.5 Å². The predicted molar refractivity (Wildman–Crippen MR) is 132 cm³/mol. The lowest BCUT2D eigenvalue weighted by molar-refractivity contribution is -0.162. The van der Waals surface area contributed by atoms with Crippen LogP contribution in [-0.4, -0.2) is 67.8 Å². The lowest BCUT2D eigenvalue weighted by atomic mass is 9.97. The van der Waals surface area contributed by atoms with Crippen molar-refractivity contribution in [1.82, 2.24) is 4.31 Å². The quantitative estimate of drug-likeness (QED) is 0.402. The number of primary amides is 1. The van der Waals surface area contributed by atoms with Crippen LogP contribution in [-0.2, 0) is 24.3 Å². The van der Waals surface area contributed by atoms with Gasteiger partial charge in [-0.25, -0.2) is 8.42 Å². The van der Waals surface area contributed by atoms with Gasteiger partial charge in [0.1, 0.15) is 17.9 Å². The number of ether oxygens (including phenoxy) is 3. The highest BCUT2D eigenvalue weighted by atomic mass is 32.2. The standard InChI is InChI=1S/C24H34N2O6S2/c1-19-24(2,23(25)27)26(14-18-33-19)34(28,29)21-12-10-20(11-13-21)30-15-6-3-4-7-16-31-22-9-5-8-17-32-22/h10-13,19,22H,4-5,7-9,14-18H2,1-2H3,(H2,25,27). The summed E-state index contributed by atoms with van der Waals surface area (Å²) < 4.78 is 44.6. The minimum atomic E-state index is -3.90. The lowest BCUT2D eigenvalue weighted by Gasteiger charge is -2.45. The number of benzene rings is 1. The Morgan fingerprint density at radius 2 is 2.06 bits per heavy atom. The van der Waals surface area contributed by atoms with Crippen LogP contribution in [0.15, 0.2) is 29.2 Å². The second-order valence-electron chi connectivity index (χ2n) is 8.49. The van der Waals surface area contributed by atoms with Crippen molar-refractivity contribution in [3.63, 3.8) is 0 Å². The third-order valence-corrected chi connectivity index (χ3v) is 9.59. The second kappa shape index (κ2) is 12.3. The molecule has 2 fully saturated rings. The molecule has 8 nitrogen and oxygen atoms in total. The van der Waals surface area contributed by atoms with Gasteiger partial charge in [-0.05, 0) is 56.9 Å². The first-order chi connectivity index (χ1) is 16.3. The van der Waals surface area contributed by atoms with Crippen LogP contribution < -0.4 is 10.5 Å². The smallest absolute Gasteiger partial charge is 0.244 e. The first kappa shape index (κ1) is 26.8. The third kappa shape index (κ3) is 6.46. The maximum absolute atomic E-state index is 13.3. The van der Waals surface area contributed by atoms with Gasteiger partial charge >= 0.3 is 0 Å². The summed E-state index contributed by atoms with van der Waals surface area (Å²) in [5.74, 6) is 6.48. The van der Waals surface area contributed by atoms with Crippen LogP contribution in [0, 0.1) is 11.8 Å². The van der Waals surface area contributed by atoms with Crippen molar-refractivity contribution in [1.29, 1.82) is 0 Å². The number of sulfonamides is 1. The zero-order valence-corrected chi connectivity index (χ0v) is 21.5. The fourth-order valence-electron chi connectivity index (χ4n) is 3.91. The lowest BCUT2D eigenvalue weighted by Crippen LogP contribution is -2.65. The Balaban J connectivity index is 1.48. The number of hydrogen-bond donors (Lipinski definition) is 1. The molecule has 10 heteroatoms. The highest BCUT2D eigenvalue weighted by Crippen LogP contribution is 2.37. The number of carbonyl (C=O) groups excluding carboxylic acids is 1. The molecule has 1 aromatic carbocycles. The molecule has 0 saturated carbocycles. The van der Waals surface area contributed by atoms with Gasteiger partial charge in [0.05, 0.1) is 11.5 Å². The molecule has 0 spiro atoms. The van der Waals surface area contributed by atoms with E-state index in [1.165, 1.54) is 16.4 Å². The molecular formula is C24H34N2O6S2. The van der Waals surface area contributed by atoms with Crippen molar-refractivity contribution < 1.29 is 27.4 Å². The van der Waals surface area contributed by atoms with E-state index in [4.69, 9.17) is 19.9 Å². The fourth-order valence-corrected chi connectivity index (χ4v) is 7.12. The van der Waals surface area contributed by atoms with Crippen LogP contribution >= 0.6 is 11.8 Å². The average Bonchev–Trinajstić information content (AvgIpc) is 2.83. The molecule has 1 amide bonds. The van der Waals surface area contributed by atoms with E-state index in [0.717, 1.165) is 32.3 Å². The Hall–Kier alpha value is -1.77. The fraction of sp³-hybridized carbons (Fsp3) is 0.625. The molecule has 3 atom stereocenters. The Kier molecular flexibility index (Phi) is 9.68. The number of rotatable bonds is 9. The molecule has 2 aliphatic heterocycles. The van der Waals surface area contributed by atoms with E-state index >= 15 is 0 Å². The molecule has 2 aliphatic rings. The van der Waals surface area contributed by atoms with Gasteiger partial charge in [-0.15, -0.1) is 0 Å². The normalized spacial score (nSPS) is 25.8. The van der Waals surface area contributed by atoms with Gasteiger partial charge in [-0.1, -0.05) is 18.8 Å². The number of carbonyl (C=O) groups is 1. The van der Waals surface area contributed by atoms with Crippen LogP contribution in [0.25, 0.3) is 0 Å². The summed E-state index contributed by atoms with van der Waals surface area (Å²) in [5, 5.41) is -0.248. The van der Waals surface area contributed by atoms with E-state index in [1.54, 1.807) is 30.8 Å². The summed E-state index contributed by atoms with van der Waals surface area (Å²) in [6.07, 6.45) is 4.68. The van der Waals surface area contributed by atoms with E-state index in [9.17, 15) is 13.2 Å². The minimum Gasteiger partial charge on any atom is -0.481 e. The summed E-state index contributed by atoms with van der Waals surface area (Å²) in [6.45, 7) is 5.25. The number of amides is 1. The van der Waals surface area contributed by atoms with Crippen molar-refractivity contribution in [2.75, 3.05) is 32.1 Å². The van der Waals surface area contributed by atoms with Crippen molar-refractivity contribution in [3.05, 3.63) is 24.3 Å². The predicted octanol–water partition coefficient (Wildman–Crippen LogP) is 2.76. The van der Waals surface area contributed by atoms with Crippen molar-refractivity contribution in [3.8, 4) is 17.6 Å². The average molecular weight is 511 g/mol. The van der Waals surface area contributed by atoms with Crippen LogP contribution in [0.2, 0.25) is 0 Å². The van der Waals surface area contributed by atoms with Crippen molar-refractivity contribution >= 4 is 27.7 Å². The molecule has 0 aliphatic carbocycles. The third-order valence-electron chi connectivity index (χ3n) is 6.21. The number of nitrogens with zero attached hydrogens (tertiary/aromatic N) is 1. The maximum Gasteiger partial charge on any atom is 0.244 e. The molecule has 188 valence electrons. The summed E-state index contributed by atoms with van der Waals surface area (Å²) in [6, 6.07) is 6.15. The van der Waals surface area contributed by atoms with Gasteiger partial charge in [0.2, 0.25) is 15.9 Å². The first-order valence-corrected chi connectivity index (χ1v) is 14.1. The summed E-state index contributed by atoms with van der Waals surface area (Å²) in [4.78, 5) is 12.3. The maximum atomic E-state index is 13.3. The van der Waals surface area contributed by atoms with Crippen LogP contribution in [0.1, 0.15) is 46.0 Å². The number of unbranched alkanes of at least 4 members (excludes halogenated alkanes) is 1. The molecule has 2 N–H and O–H groups in total. The van der Waals surface area contributed by atoms with Crippen LogP contribution in [0.3, 0.4) is 0 Å². The molecule has 2 saturated heterocycles.